The van der Waals surface area contributed by atoms with Gasteiger partial charge in [0, 0.05) is 36.3 Å². The molecule has 4 rings (SSSR count). The van der Waals surface area contributed by atoms with Crippen LogP contribution in [0.15, 0.2) is 53.4 Å². The molecule has 0 spiro atoms. The first-order chi connectivity index (χ1) is 14.1. The number of hydrogen-bond donors (Lipinski definition) is 3. The largest absolute Gasteiger partial charge is 0.352 e. The number of H-pyrrole nitrogens is 1. The molecule has 0 saturated carbocycles. The van der Waals surface area contributed by atoms with E-state index in [1.807, 2.05) is 41.1 Å². The van der Waals surface area contributed by atoms with Crippen LogP contribution in [-0.4, -0.2) is 33.3 Å². The van der Waals surface area contributed by atoms with Crippen LogP contribution in [0.25, 0.3) is 22.6 Å². The van der Waals surface area contributed by atoms with E-state index in [-0.39, 0.29) is 11.8 Å². The Bertz CT molecular complexity index is 1150. The monoisotopic (exact) mass is 405 g/mol. The maximum atomic E-state index is 12.7. The first kappa shape index (κ1) is 18.8. The lowest BCUT2D eigenvalue weighted by molar-refractivity contribution is -0.114. The Kier molecular flexibility index (Phi) is 5.35. The summed E-state index contributed by atoms with van der Waals surface area (Å²) in [5.74, 6) is 0.427. The number of pyridine rings is 1. The van der Waals surface area contributed by atoms with Gasteiger partial charge in [-0.1, -0.05) is 12.1 Å². The van der Waals surface area contributed by atoms with Gasteiger partial charge in [-0.2, -0.15) is 11.3 Å². The highest BCUT2D eigenvalue weighted by Crippen LogP contribution is 2.23. The zero-order valence-electron chi connectivity index (χ0n) is 15.7. The molecule has 0 radical (unpaired) electrons. The van der Waals surface area contributed by atoms with Crippen molar-refractivity contribution >= 4 is 40.0 Å². The number of hydrogen-bond acceptors (Lipinski definition) is 5. The Morgan fingerprint density at radius 2 is 1.97 bits per heavy atom. The first-order valence-corrected chi connectivity index (χ1v) is 10.1. The number of anilines is 1. The van der Waals surface area contributed by atoms with Crippen LogP contribution < -0.4 is 10.6 Å². The van der Waals surface area contributed by atoms with Gasteiger partial charge in [0.2, 0.25) is 5.91 Å². The second-order valence-corrected chi connectivity index (χ2v) is 7.32. The standard InChI is InChI=1S/C21H19N5O2S/c1-13(27)24-16-4-2-14(3-5-16)6-9-23-21(28)17-7-10-22-20-18(17)25-19(26-20)15-8-11-29-12-15/h2-5,7-8,10-12H,6,9H2,1H3,(H,23,28)(H,24,27)(H,22,25,26). The molecule has 3 N–H and O–H groups in total. The normalized spacial score (nSPS) is 10.8. The van der Waals surface area contributed by atoms with Crippen molar-refractivity contribution < 1.29 is 9.59 Å². The van der Waals surface area contributed by atoms with Gasteiger partial charge in [-0.15, -0.1) is 0 Å². The minimum atomic E-state index is -0.173. The smallest absolute Gasteiger partial charge is 0.253 e. The Morgan fingerprint density at radius 1 is 1.14 bits per heavy atom. The molecule has 0 fully saturated rings. The third kappa shape index (κ3) is 4.33. The Hall–Kier alpha value is -3.52. The van der Waals surface area contributed by atoms with Crippen molar-refractivity contribution in [2.75, 3.05) is 11.9 Å². The van der Waals surface area contributed by atoms with E-state index < -0.39 is 0 Å². The van der Waals surface area contributed by atoms with Crippen molar-refractivity contribution in [2.45, 2.75) is 13.3 Å². The lowest BCUT2D eigenvalue weighted by Gasteiger charge is -2.07. The third-order valence-corrected chi connectivity index (χ3v) is 5.09. The highest BCUT2D eigenvalue weighted by Gasteiger charge is 2.15. The van der Waals surface area contributed by atoms with Crippen LogP contribution in [0.3, 0.4) is 0 Å². The Labute approximate surface area is 171 Å². The van der Waals surface area contributed by atoms with Crippen LogP contribution in [0, 0.1) is 0 Å². The van der Waals surface area contributed by atoms with Crippen LogP contribution in [0.5, 0.6) is 0 Å². The first-order valence-electron chi connectivity index (χ1n) is 9.12. The molecule has 7 nitrogen and oxygen atoms in total. The van der Waals surface area contributed by atoms with Gasteiger partial charge in [-0.3, -0.25) is 9.59 Å². The van der Waals surface area contributed by atoms with Crippen LogP contribution in [-0.2, 0) is 11.2 Å². The molecule has 0 aliphatic rings. The van der Waals surface area contributed by atoms with E-state index in [0.717, 1.165) is 16.8 Å². The minimum Gasteiger partial charge on any atom is -0.352 e. The summed E-state index contributed by atoms with van der Waals surface area (Å²) >= 11 is 1.59. The molecule has 8 heteroatoms. The van der Waals surface area contributed by atoms with Gasteiger partial charge < -0.3 is 15.6 Å². The number of rotatable bonds is 6. The van der Waals surface area contributed by atoms with Crippen molar-refractivity contribution in [3.05, 3.63) is 64.5 Å². The van der Waals surface area contributed by atoms with Crippen LogP contribution in [0.1, 0.15) is 22.8 Å². The van der Waals surface area contributed by atoms with E-state index >= 15 is 0 Å². The van der Waals surface area contributed by atoms with Crippen LogP contribution in [0.4, 0.5) is 5.69 Å². The summed E-state index contributed by atoms with van der Waals surface area (Å²) in [5.41, 5.74) is 4.47. The van der Waals surface area contributed by atoms with E-state index in [1.165, 1.54) is 6.92 Å². The Morgan fingerprint density at radius 3 is 2.69 bits per heavy atom. The lowest BCUT2D eigenvalue weighted by atomic mass is 10.1. The zero-order chi connectivity index (χ0) is 20.2. The number of benzene rings is 1. The van der Waals surface area contributed by atoms with Gasteiger partial charge in [-0.05, 0) is 41.6 Å². The molecular formula is C21H19N5O2S. The molecule has 0 unspecified atom stereocenters. The number of fused-ring (bicyclic) bond motifs is 1. The molecule has 146 valence electrons. The van der Waals surface area contributed by atoms with Crippen molar-refractivity contribution in [1.82, 2.24) is 20.3 Å². The molecule has 0 aliphatic carbocycles. The average molecular weight is 405 g/mol. The molecule has 0 saturated heterocycles. The van der Waals surface area contributed by atoms with Crippen molar-refractivity contribution in [3.63, 3.8) is 0 Å². The van der Waals surface area contributed by atoms with Gasteiger partial charge in [-0.25, -0.2) is 9.97 Å². The third-order valence-electron chi connectivity index (χ3n) is 4.40. The molecule has 3 heterocycles. The van der Waals surface area contributed by atoms with Crippen LogP contribution in [0.2, 0.25) is 0 Å². The van der Waals surface area contributed by atoms with Crippen molar-refractivity contribution in [1.29, 1.82) is 0 Å². The molecule has 0 bridgehead atoms. The second-order valence-electron chi connectivity index (χ2n) is 6.54. The molecule has 0 aliphatic heterocycles. The zero-order valence-corrected chi connectivity index (χ0v) is 16.5. The predicted octanol–water partition coefficient (Wildman–Crippen LogP) is 3.62. The number of thiophene rings is 1. The average Bonchev–Trinajstić information content (AvgIpc) is 3.38. The number of imidazole rings is 1. The lowest BCUT2D eigenvalue weighted by Crippen LogP contribution is -2.26. The van der Waals surface area contributed by atoms with Gasteiger partial charge >= 0.3 is 0 Å². The van der Waals surface area contributed by atoms with Gasteiger partial charge in [0.1, 0.15) is 5.82 Å². The summed E-state index contributed by atoms with van der Waals surface area (Å²) in [6.07, 6.45) is 2.28. The van der Waals surface area contributed by atoms with Crippen molar-refractivity contribution in [2.24, 2.45) is 0 Å². The summed E-state index contributed by atoms with van der Waals surface area (Å²) in [4.78, 5) is 35.7. The fourth-order valence-electron chi connectivity index (χ4n) is 3.01. The highest BCUT2D eigenvalue weighted by molar-refractivity contribution is 7.08. The van der Waals surface area contributed by atoms with E-state index in [9.17, 15) is 9.59 Å². The molecule has 2 amide bonds. The topological polar surface area (TPSA) is 99.8 Å². The van der Waals surface area contributed by atoms with Gasteiger partial charge in [0.25, 0.3) is 5.91 Å². The number of carbonyl (C=O) groups is 2. The van der Waals surface area contributed by atoms with E-state index in [2.05, 4.69) is 25.6 Å². The number of nitrogens with one attached hydrogen (secondary N) is 3. The van der Waals surface area contributed by atoms with E-state index in [0.29, 0.717) is 35.5 Å². The minimum absolute atomic E-state index is 0.102. The number of nitrogens with zero attached hydrogens (tertiary/aromatic N) is 2. The van der Waals surface area contributed by atoms with Crippen LogP contribution >= 0.6 is 11.3 Å². The summed E-state index contributed by atoms with van der Waals surface area (Å²) < 4.78 is 0. The fourth-order valence-corrected chi connectivity index (χ4v) is 3.65. The molecular weight excluding hydrogens is 386 g/mol. The summed E-state index contributed by atoms with van der Waals surface area (Å²) in [6.45, 7) is 1.97. The molecule has 0 atom stereocenters. The molecule has 3 aromatic heterocycles. The number of carbonyl (C=O) groups excluding carboxylic acids is 2. The Balaban J connectivity index is 1.42. The quantitative estimate of drug-likeness (QED) is 0.456. The summed E-state index contributed by atoms with van der Waals surface area (Å²) in [7, 11) is 0. The summed E-state index contributed by atoms with van der Waals surface area (Å²) in [6, 6.07) is 11.2. The highest BCUT2D eigenvalue weighted by atomic mass is 32.1. The van der Waals surface area contributed by atoms with Crippen molar-refractivity contribution in [3.8, 4) is 11.4 Å². The SMILES string of the molecule is CC(=O)Nc1ccc(CCNC(=O)c2ccnc3nc(-c4ccsc4)[nH]c23)cc1. The van der Waals surface area contributed by atoms with Gasteiger partial charge in [0.05, 0.1) is 11.1 Å². The summed E-state index contributed by atoms with van der Waals surface area (Å²) in [5, 5.41) is 9.65. The maximum absolute atomic E-state index is 12.7. The van der Waals surface area contributed by atoms with E-state index in [1.54, 1.807) is 23.6 Å². The second kappa shape index (κ2) is 8.24. The number of aromatic amines is 1. The number of amides is 2. The molecule has 29 heavy (non-hydrogen) atoms. The predicted molar refractivity (Wildman–Crippen MR) is 114 cm³/mol. The maximum Gasteiger partial charge on any atom is 0.253 e. The molecule has 4 aromatic rings. The fraction of sp³-hybridized carbons (Fsp3) is 0.143. The van der Waals surface area contributed by atoms with Gasteiger partial charge in [0.15, 0.2) is 5.65 Å². The number of aromatic nitrogens is 3. The van der Waals surface area contributed by atoms with E-state index in [4.69, 9.17) is 0 Å². The molecule has 1 aromatic carbocycles.